The molecule has 4 rings (SSSR count). The van der Waals surface area contributed by atoms with Crippen LogP contribution in [0.1, 0.15) is 38.6 Å². The third-order valence-electron chi connectivity index (χ3n) is 6.04. The van der Waals surface area contributed by atoms with Gasteiger partial charge in [-0.3, -0.25) is 4.79 Å². The molecule has 2 N–H and O–H groups in total. The fourth-order valence-corrected chi connectivity index (χ4v) is 5.46. The molecule has 0 unspecified atom stereocenters. The second-order valence-corrected chi connectivity index (χ2v) is 11.2. The van der Waals surface area contributed by atoms with Gasteiger partial charge in [0.05, 0.1) is 22.9 Å². The maximum absolute atomic E-state index is 13.0. The van der Waals surface area contributed by atoms with Crippen molar-refractivity contribution in [1.29, 1.82) is 0 Å². The Bertz CT molecular complexity index is 1390. The Morgan fingerprint density at radius 2 is 1.53 bits per heavy atom. The lowest BCUT2D eigenvalue weighted by Crippen LogP contribution is -2.42. The maximum atomic E-state index is 13.0. The van der Waals surface area contributed by atoms with E-state index in [0.717, 1.165) is 33.9 Å². The first-order chi connectivity index (χ1) is 18.3. The number of carbonyl (C=O) groups excluding carboxylic acids is 1. The Hall–Kier alpha value is -3.75. The van der Waals surface area contributed by atoms with E-state index in [0.29, 0.717) is 12.8 Å². The number of nitrogens with one attached hydrogen (secondary N) is 2. The fourth-order valence-electron chi connectivity index (χ4n) is 4.27. The molecule has 0 aliphatic rings. The second kappa shape index (κ2) is 12.2. The third kappa shape index (κ3) is 6.76. The monoisotopic (exact) mass is 531 g/mol. The summed E-state index contributed by atoms with van der Waals surface area (Å²) in [6, 6.07) is 25.7. The Balaban J connectivity index is 1.56. The molecular formula is C30H33N3O4S. The number of aromatic nitrogens is 2. The second-order valence-electron chi connectivity index (χ2n) is 9.52. The van der Waals surface area contributed by atoms with Crippen molar-refractivity contribution in [2.45, 2.75) is 44.6 Å². The third-order valence-corrected chi connectivity index (χ3v) is 7.53. The van der Waals surface area contributed by atoms with Gasteiger partial charge in [0.1, 0.15) is 11.9 Å². The van der Waals surface area contributed by atoms with Crippen molar-refractivity contribution in [3.05, 3.63) is 96.3 Å². The summed E-state index contributed by atoms with van der Waals surface area (Å²) < 4.78 is 33.6. The minimum atomic E-state index is -3.91. The van der Waals surface area contributed by atoms with Crippen LogP contribution in [0.3, 0.4) is 0 Å². The number of carbonyl (C=O) groups is 1. The predicted molar refractivity (Wildman–Crippen MR) is 149 cm³/mol. The molecule has 0 bridgehead atoms. The van der Waals surface area contributed by atoms with E-state index in [1.807, 2.05) is 74.5 Å². The number of esters is 1. The Morgan fingerprint density at radius 1 is 0.921 bits per heavy atom. The average molecular weight is 532 g/mol. The molecule has 1 aromatic heterocycles. The highest BCUT2D eigenvalue weighted by molar-refractivity contribution is 7.89. The van der Waals surface area contributed by atoms with Crippen LogP contribution in [-0.2, 0) is 26.0 Å². The van der Waals surface area contributed by atoms with Gasteiger partial charge >= 0.3 is 5.97 Å². The fraction of sp³-hybridized carbons (Fsp3) is 0.267. The van der Waals surface area contributed by atoms with Gasteiger partial charge in [-0.05, 0) is 37.0 Å². The van der Waals surface area contributed by atoms with Gasteiger partial charge in [-0.25, -0.2) is 13.4 Å². The Kier molecular flexibility index (Phi) is 8.76. The number of nitrogens with zero attached hydrogens (tertiary/aromatic N) is 1. The molecule has 0 radical (unpaired) electrons. The van der Waals surface area contributed by atoms with Crippen LogP contribution in [0.4, 0.5) is 0 Å². The van der Waals surface area contributed by atoms with Gasteiger partial charge in [0.15, 0.2) is 0 Å². The minimum absolute atomic E-state index is 0.0914. The molecule has 1 heterocycles. The van der Waals surface area contributed by atoms with Crippen molar-refractivity contribution in [1.82, 2.24) is 14.7 Å². The van der Waals surface area contributed by atoms with Gasteiger partial charge in [0.25, 0.3) is 0 Å². The lowest BCUT2D eigenvalue weighted by Gasteiger charge is -2.19. The van der Waals surface area contributed by atoms with Crippen molar-refractivity contribution in [2.75, 3.05) is 6.61 Å². The number of imidazole rings is 1. The molecule has 7 nitrogen and oxygen atoms in total. The topological polar surface area (TPSA) is 101 Å². The van der Waals surface area contributed by atoms with E-state index in [-0.39, 0.29) is 17.4 Å². The van der Waals surface area contributed by atoms with Crippen LogP contribution in [-0.4, -0.2) is 37.0 Å². The molecule has 0 fully saturated rings. The molecule has 3 aromatic carbocycles. The number of rotatable bonds is 11. The summed E-state index contributed by atoms with van der Waals surface area (Å²) in [7, 11) is -3.91. The van der Waals surface area contributed by atoms with E-state index in [1.165, 1.54) is 0 Å². The summed E-state index contributed by atoms with van der Waals surface area (Å²) in [5.41, 5.74) is 4.76. The zero-order chi connectivity index (χ0) is 27.1. The number of sulfonamides is 1. The molecule has 1 atom stereocenters. The van der Waals surface area contributed by atoms with Crippen LogP contribution in [0.15, 0.2) is 89.8 Å². The van der Waals surface area contributed by atoms with Crippen molar-refractivity contribution in [2.24, 2.45) is 5.92 Å². The number of H-pyrrole nitrogens is 1. The summed E-state index contributed by atoms with van der Waals surface area (Å²) in [5, 5.41) is 0. The predicted octanol–water partition coefficient (Wildman–Crippen LogP) is 5.59. The molecule has 0 amide bonds. The molecular weight excluding hydrogens is 498 g/mol. The van der Waals surface area contributed by atoms with Crippen LogP contribution in [0.5, 0.6) is 0 Å². The quantitative estimate of drug-likeness (QED) is 0.246. The average Bonchev–Trinajstić information content (AvgIpc) is 3.33. The van der Waals surface area contributed by atoms with Crippen LogP contribution in [0.25, 0.3) is 22.5 Å². The van der Waals surface area contributed by atoms with Crippen molar-refractivity contribution in [3.8, 4) is 22.5 Å². The molecule has 4 aromatic rings. The highest BCUT2D eigenvalue weighted by Crippen LogP contribution is 2.30. The van der Waals surface area contributed by atoms with E-state index < -0.39 is 22.0 Å². The van der Waals surface area contributed by atoms with E-state index in [4.69, 9.17) is 9.72 Å². The molecule has 0 aliphatic heterocycles. The van der Waals surface area contributed by atoms with Crippen LogP contribution in [0.2, 0.25) is 0 Å². The molecule has 0 saturated carbocycles. The number of ether oxygens (including phenoxy) is 1. The molecule has 38 heavy (non-hydrogen) atoms. The van der Waals surface area contributed by atoms with E-state index in [9.17, 15) is 13.2 Å². The summed E-state index contributed by atoms with van der Waals surface area (Å²) in [6.45, 7) is 5.74. The van der Waals surface area contributed by atoms with Crippen molar-refractivity contribution >= 4 is 16.0 Å². The molecule has 0 aliphatic carbocycles. The van der Waals surface area contributed by atoms with Crippen LogP contribution in [0, 0.1) is 5.92 Å². The smallest absolute Gasteiger partial charge is 0.324 e. The van der Waals surface area contributed by atoms with Gasteiger partial charge < -0.3 is 9.72 Å². The van der Waals surface area contributed by atoms with Gasteiger partial charge in [0.2, 0.25) is 10.0 Å². The first kappa shape index (κ1) is 27.3. The first-order valence-corrected chi connectivity index (χ1v) is 14.2. The zero-order valence-electron chi connectivity index (χ0n) is 21.8. The largest absolute Gasteiger partial charge is 0.465 e. The van der Waals surface area contributed by atoms with E-state index in [2.05, 4.69) is 9.71 Å². The summed E-state index contributed by atoms with van der Waals surface area (Å²) in [5.74, 6) is 0.322. The number of hydrogen-bond donors (Lipinski definition) is 2. The first-order valence-electron chi connectivity index (χ1n) is 12.7. The molecule has 8 heteroatoms. The highest BCUT2D eigenvalue weighted by Gasteiger charge is 2.27. The van der Waals surface area contributed by atoms with Gasteiger partial charge in [-0.1, -0.05) is 86.6 Å². The Morgan fingerprint density at radius 3 is 2.11 bits per heavy atom. The molecule has 0 spiro atoms. The maximum Gasteiger partial charge on any atom is 0.324 e. The number of benzene rings is 3. The summed E-state index contributed by atoms with van der Waals surface area (Å²) in [6.07, 6.45) is 0.849. The van der Waals surface area contributed by atoms with Crippen LogP contribution < -0.4 is 4.72 Å². The van der Waals surface area contributed by atoms with E-state index >= 15 is 0 Å². The minimum Gasteiger partial charge on any atom is -0.465 e. The highest BCUT2D eigenvalue weighted by atomic mass is 32.2. The normalized spacial score (nSPS) is 12.4. The SMILES string of the molecule is CCOC(=O)[C@H](CC(C)C)NS(=O)(=O)c1ccc(Cc2nc(-c3ccccc3)c(-c3ccccc3)[nH]2)cc1. The van der Waals surface area contributed by atoms with Crippen molar-refractivity contribution < 1.29 is 17.9 Å². The van der Waals surface area contributed by atoms with Crippen molar-refractivity contribution in [3.63, 3.8) is 0 Å². The van der Waals surface area contributed by atoms with E-state index in [1.54, 1.807) is 31.2 Å². The number of aromatic amines is 1. The zero-order valence-corrected chi connectivity index (χ0v) is 22.7. The molecule has 0 saturated heterocycles. The van der Waals surface area contributed by atoms with Crippen LogP contribution >= 0.6 is 0 Å². The lowest BCUT2D eigenvalue weighted by molar-refractivity contribution is -0.145. The van der Waals surface area contributed by atoms with Gasteiger partial charge in [-0.2, -0.15) is 4.72 Å². The van der Waals surface area contributed by atoms with Gasteiger partial charge in [-0.15, -0.1) is 0 Å². The lowest BCUT2D eigenvalue weighted by atomic mass is 10.1. The summed E-state index contributed by atoms with van der Waals surface area (Å²) >= 11 is 0. The number of hydrogen-bond acceptors (Lipinski definition) is 5. The standard InChI is InChI=1S/C30H33N3O4S/c1-4-37-30(34)26(19-21(2)3)33-38(35,36)25-17-15-22(16-18-25)20-27-31-28(23-11-7-5-8-12-23)29(32-27)24-13-9-6-10-14-24/h5-18,21,26,33H,4,19-20H2,1-3H3,(H,31,32)/t26-/m0/s1. The van der Waals surface area contributed by atoms with Gasteiger partial charge in [0, 0.05) is 17.5 Å². The Labute approximate surface area is 224 Å². The summed E-state index contributed by atoms with van der Waals surface area (Å²) in [4.78, 5) is 20.8. The molecule has 198 valence electrons.